The highest BCUT2D eigenvalue weighted by Crippen LogP contribution is 2.22. The maximum absolute atomic E-state index is 12.3. The lowest BCUT2D eigenvalue weighted by Gasteiger charge is -2.14. The van der Waals surface area contributed by atoms with Crippen LogP contribution in [0.3, 0.4) is 0 Å². The molecule has 1 amide bonds. The van der Waals surface area contributed by atoms with Gasteiger partial charge in [0.25, 0.3) is 0 Å². The summed E-state index contributed by atoms with van der Waals surface area (Å²) in [6.07, 6.45) is -0.490. The minimum absolute atomic E-state index is 0. The van der Waals surface area contributed by atoms with Crippen LogP contribution < -0.4 is 15.4 Å². The highest BCUT2D eigenvalue weighted by atomic mass is 35.5. The van der Waals surface area contributed by atoms with Crippen LogP contribution in [0.25, 0.3) is 0 Å². The summed E-state index contributed by atoms with van der Waals surface area (Å²) in [6.45, 7) is 2.00. The lowest BCUT2D eigenvalue weighted by molar-refractivity contribution is -0.120. The summed E-state index contributed by atoms with van der Waals surface area (Å²) < 4.78 is 32.1. The Hall–Kier alpha value is -1.23. The van der Waals surface area contributed by atoms with Crippen molar-refractivity contribution in [3.05, 3.63) is 29.3 Å². The molecular formula is C15H22ClN3O5S. The van der Waals surface area contributed by atoms with E-state index >= 15 is 0 Å². The molecule has 2 unspecified atom stereocenters. The lowest BCUT2D eigenvalue weighted by atomic mass is 10.1. The van der Waals surface area contributed by atoms with Gasteiger partial charge in [-0.15, -0.1) is 12.4 Å². The molecule has 140 valence electrons. The molecule has 2 atom stereocenters. The summed E-state index contributed by atoms with van der Waals surface area (Å²) in [7, 11) is -3.75. The van der Waals surface area contributed by atoms with E-state index in [1.807, 2.05) is 0 Å². The van der Waals surface area contributed by atoms with Crippen molar-refractivity contribution in [3.63, 3.8) is 0 Å². The summed E-state index contributed by atoms with van der Waals surface area (Å²) in [5.74, 6) is -0.482. The minimum atomic E-state index is -3.75. The van der Waals surface area contributed by atoms with Crippen LogP contribution in [0.1, 0.15) is 11.1 Å². The van der Waals surface area contributed by atoms with Crippen molar-refractivity contribution in [3.8, 4) is 0 Å². The Morgan fingerprint density at radius 3 is 2.76 bits per heavy atom. The number of fused-ring (bicyclic) bond motifs is 1. The van der Waals surface area contributed by atoms with E-state index in [0.717, 1.165) is 11.1 Å². The van der Waals surface area contributed by atoms with Crippen LogP contribution in [0, 0.1) is 5.92 Å². The second-order valence-corrected chi connectivity index (χ2v) is 7.80. The number of nitrogens with one attached hydrogen (secondary N) is 3. The smallest absolute Gasteiger partial charge is 0.241 e. The number of hydrogen-bond donors (Lipinski definition) is 4. The molecule has 0 radical (unpaired) electrons. The van der Waals surface area contributed by atoms with Gasteiger partial charge in [-0.05, 0) is 23.3 Å². The van der Waals surface area contributed by atoms with Gasteiger partial charge in [0.2, 0.25) is 15.9 Å². The van der Waals surface area contributed by atoms with E-state index in [0.29, 0.717) is 32.8 Å². The Kier molecular flexibility index (Phi) is 6.78. The monoisotopic (exact) mass is 391 g/mol. The molecule has 1 saturated heterocycles. The molecule has 0 bridgehead atoms. The largest absolute Gasteiger partial charge is 0.391 e. The number of rotatable bonds is 6. The van der Waals surface area contributed by atoms with E-state index in [9.17, 15) is 18.3 Å². The number of benzene rings is 1. The van der Waals surface area contributed by atoms with Gasteiger partial charge in [-0.3, -0.25) is 4.79 Å². The van der Waals surface area contributed by atoms with E-state index in [1.54, 1.807) is 12.1 Å². The van der Waals surface area contributed by atoms with E-state index < -0.39 is 22.0 Å². The Balaban J connectivity index is 0.00000225. The normalized spacial score (nSPS) is 22.3. The molecule has 1 fully saturated rings. The van der Waals surface area contributed by atoms with Crippen molar-refractivity contribution in [1.82, 2.24) is 15.4 Å². The molecule has 2 aliphatic heterocycles. The molecule has 2 aliphatic rings. The van der Waals surface area contributed by atoms with Gasteiger partial charge in [-0.25, -0.2) is 13.1 Å². The molecule has 10 heteroatoms. The molecule has 0 saturated carbocycles. The molecule has 1 aromatic carbocycles. The number of ether oxygens (including phenoxy) is 1. The average molecular weight is 392 g/mol. The van der Waals surface area contributed by atoms with E-state index in [-0.39, 0.29) is 29.8 Å². The molecule has 3 rings (SSSR count). The molecular weight excluding hydrogens is 370 g/mol. The van der Waals surface area contributed by atoms with Gasteiger partial charge in [-0.1, -0.05) is 6.07 Å². The average Bonchev–Trinajstić information content (AvgIpc) is 3.18. The van der Waals surface area contributed by atoms with Gasteiger partial charge in [-0.2, -0.15) is 0 Å². The Morgan fingerprint density at radius 2 is 2.04 bits per heavy atom. The molecule has 25 heavy (non-hydrogen) atoms. The van der Waals surface area contributed by atoms with Crippen LogP contribution in [-0.4, -0.2) is 51.7 Å². The van der Waals surface area contributed by atoms with Crippen molar-refractivity contribution in [2.45, 2.75) is 24.2 Å². The summed E-state index contributed by atoms with van der Waals surface area (Å²) in [5, 5.41) is 15.3. The number of aliphatic hydroxyl groups is 1. The minimum Gasteiger partial charge on any atom is -0.391 e. The summed E-state index contributed by atoms with van der Waals surface area (Å²) in [5.41, 5.74) is 1.83. The SMILES string of the molecule is Cl.O=C(CNS(=O)(=O)c1ccc2c(c1)COC2)NCC1CNCC1O. The van der Waals surface area contributed by atoms with E-state index in [1.165, 1.54) is 6.07 Å². The molecule has 4 N–H and O–H groups in total. The zero-order chi connectivity index (χ0) is 17.2. The number of amides is 1. The van der Waals surface area contributed by atoms with Crippen molar-refractivity contribution in [2.75, 3.05) is 26.2 Å². The van der Waals surface area contributed by atoms with Crippen LogP contribution in [-0.2, 0) is 32.8 Å². The first-order valence-corrected chi connectivity index (χ1v) is 9.29. The fraction of sp³-hybridized carbons (Fsp3) is 0.533. The molecule has 0 aromatic heterocycles. The van der Waals surface area contributed by atoms with Crippen molar-refractivity contribution in [2.24, 2.45) is 5.92 Å². The number of hydrogen-bond acceptors (Lipinski definition) is 6. The standard InChI is InChI=1S/C15H21N3O5S.ClH/c19-14-6-16-4-12(14)5-17-15(20)7-18-24(21,22)13-2-1-10-8-23-9-11(10)3-13;/h1-3,12,14,16,18-19H,4-9H2,(H,17,20);1H. The van der Waals surface area contributed by atoms with Crippen molar-refractivity contribution >= 4 is 28.3 Å². The molecule has 8 nitrogen and oxygen atoms in total. The number of halogens is 1. The first-order chi connectivity index (χ1) is 11.5. The van der Waals surface area contributed by atoms with Gasteiger partial charge < -0.3 is 20.5 Å². The molecule has 1 aromatic rings. The third kappa shape index (κ3) is 4.90. The predicted molar refractivity (Wildman–Crippen MR) is 92.7 cm³/mol. The van der Waals surface area contributed by atoms with Gasteiger partial charge >= 0.3 is 0 Å². The van der Waals surface area contributed by atoms with Crippen molar-refractivity contribution < 1.29 is 23.1 Å². The second-order valence-electron chi connectivity index (χ2n) is 6.04. The fourth-order valence-corrected chi connectivity index (χ4v) is 3.83. The van der Waals surface area contributed by atoms with Gasteiger partial charge in [0.1, 0.15) is 0 Å². The number of sulfonamides is 1. The van der Waals surface area contributed by atoms with Crippen molar-refractivity contribution in [1.29, 1.82) is 0 Å². The maximum atomic E-state index is 12.3. The summed E-state index contributed by atoms with van der Waals surface area (Å²) in [4.78, 5) is 11.9. The fourth-order valence-electron chi connectivity index (χ4n) is 2.79. The Morgan fingerprint density at radius 1 is 1.28 bits per heavy atom. The van der Waals surface area contributed by atoms with Crippen LogP contribution in [0.5, 0.6) is 0 Å². The topological polar surface area (TPSA) is 117 Å². The first kappa shape index (κ1) is 20.1. The van der Waals surface area contributed by atoms with E-state index in [2.05, 4.69) is 15.4 Å². The number of aliphatic hydroxyl groups excluding tert-OH is 1. The zero-order valence-corrected chi connectivity index (χ0v) is 15.2. The number of carbonyl (C=O) groups excluding carboxylic acids is 1. The zero-order valence-electron chi connectivity index (χ0n) is 13.5. The maximum Gasteiger partial charge on any atom is 0.241 e. The first-order valence-electron chi connectivity index (χ1n) is 7.80. The third-order valence-corrected chi connectivity index (χ3v) is 5.69. The Bertz CT molecular complexity index is 728. The van der Waals surface area contributed by atoms with Gasteiger partial charge in [0.15, 0.2) is 0 Å². The quantitative estimate of drug-likeness (QED) is 0.500. The second kappa shape index (κ2) is 8.43. The van der Waals surface area contributed by atoms with Crippen LogP contribution in [0.15, 0.2) is 23.1 Å². The van der Waals surface area contributed by atoms with Crippen LogP contribution >= 0.6 is 12.4 Å². The van der Waals surface area contributed by atoms with Crippen LogP contribution in [0.4, 0.5) is 0 Å². The summed E-state index contributed by atoms with van der Waals surface area (Å²) in [6, 6.07) is 4.81. The Labute approximate surface area is 152 Å². The lowest BCUT2D eigenvalue weighted by Crippen LogP contribution is -2.40. The molecule has 2 heterocycles. The summed E-state index contributed by atoms with van der Waals surface area (Å²) >= 11 is 0. The number of carbonyl (C=O) groups is 1. The van der Waals surface area contributed by atoms with Gasteiger partial charge in [0, 0.05) is 25.6 Å². The number of β-amino-alcohol motifs (C(OH)–C–C–N with tert-alkyl or cyclic N) is 1. The van der Waals surface area contributed by atoms with E-state index in [4.69, 9.17) is 4.74 Å². The van der Waals surface area contributed by atoms with Crippen LogP contribution in [0.2, 0.25) is 0 Å². The highest BCUT2D eigenvalue weighted by Gasteiger charge is 2.25. The molecule has 0 aliphatic carbocycles. The molecule has 0 spiro atoms. The predicted octanol–water partition coefficient (Wildman–Crippen LogP) is -0.887. The highest BCUT2D eigenvalue weighted by molar-refractivity contribution is 7.89. The third-order valence-electron chi connectivity index (χ3n) is 4.29. The van der Waals surface area contributed by atoms with Gasteiger partial charge in [0.05, 0.1) is 30.8 Å².